The van der Waals surface area contributed by atoms with Crippen LogP contribution in [0, 0.1) is 12.8 Å². The summed E-state index contributed by atoms with van der Waals surface area (Å²) in [7, 11) is 0. The average molecular weight is 357 g/mol. The van der Waals surface area contributed by atoms with Gasteiger partial charge in [0.1, 0.15) is 0 Å². The third-order valence-electron chi connectivity index (χ3n) is 5.42. The van der Waals surface area contributed by atoms with Gasteiger partial charge in [-0.3, -0.25) is 14.5 Å². The Morgan fingerprint density at radius 2 is 1.92 bits per heavy atom. The van der Waals surface area contributed by atoms with Crippen LogP contribution in [0.15, 0.2) is 24.3 Å². The van der Waals surface area contributed by atoms with E-state index in [-0.39, 0.29) is 17.9 Å². The second-order valence-electron chi connectivity index (χ2n) is 8.07. The van der Waals surface area contributed by atoms with Gasteiger partial charge in [-0.05, 0) is 24.8 Å². The number of hydrogen-bond donors (Lipinski definition) is 0. The zero-order chi connectivity index (χ0) is 18.7. The fraction of sp³-hybridized carbons (Fsp3) is 0.619. The van der Waals surface area contributed by atoms with E-state index < -0.39 is 0 Å². The summed E-state index contributed by atoms with van der Waals surface area (Å²) in [5.41, 5.74) is 2.41. The maximum absolute atomic E-state index is 13.0. The van der Waals surface area contributed by atoms with Gasteiger partial charge in [-0.15, -0.1) is 0 Å². The molecular formula is C21H31N3O2. The third kappa shape index (κ3) is 4.44. The van der Waals surface area contributed by atoms with Gasteiger partial charge in [-0.2, -0.15) is 0 Å². The van der Waals surface area contributed by atoms with Crippen LogP contribution in [0.5, 0.6) is 0 Å². The van der Waals surface area contributed by atoms with Gasteiger partial charge in [0.15, 0.2) is 0 Å². The second-order valence-corrected chi connectivity index (χ2v) is 8.07. The zero-order valence-electron chi connectivity index (χ0n) is 16.3. The van der Waals surface area contributed by atoms with Crippen molar-refractivity contribution >= 4 is 11.8 Å². The first kappa shape index (κ1) is 18.9. The topological polar surface area (TPSA) is 43.9 Å². The maximum Gasteiger partial charge on any atom is 0.240 e. The van der Waals surface area contributed by atoms with E-state index in [2.05, 4.69) is 49.9 Å². The van der Waals surface area contributed by atoms with Gasteiger partial charge in [0.25, 0.3) is 0 Å². The number of amides is 2. The molecule has 5 heteroatoms. The standard InChI is InChI=1S/C21H31N3O2/c1-16(2)13-20(25)23-8-7-19-21(26)24(12-10-22(19)9-11-23)15-18-6-4-5-17(3)14-18/h4-6,14,16,19H,7-13,15H2,1-3H3. The van der Waals surface area contributed by atoms with E-state index in [1.807, 2.05) is 9.80 Å². The fourth-order valence-electron chi connectivity index (χ4n) is 4.01. The first-order chi connectivity index (χ1) is 12.4. The summed E-state index contributed by atoms with van der Waals surface area (Å²) in [4.78, 5) is 31.7. The van der Waals surface area contributed by atoms with Crippen molar-refractivity contribution in [1.82, 2.24) is 14.7 Å². The Labute approximate surface area is 156 Å². The summed E-state index contributed by atoms with van der Waals surface area (Å²) in [5.74, 6) is 0.819. The number of carbonyl (C=O) groups excluding carboxylic acids is 2. The van der Waals surface area contributed by atoms with Crippen molar-refractivity contribution in [1.29, 1.82) is 0 Å². The first-order valence-corrected chi connectivity index (χ1v) is 9.80. The highest BCUT2D eigenvalue weighted by atomic mass is 16.2. The minimum Gasteiger partial charge on any atom is -0.341 e. The molecule has 1 aromatic carbocycles. The number of piperazine rings is 1. The molecule has 0 N–H and O–H groups in total. The van der Waals surface area contributed by atoms with E-state index in [4.69, 9.17) is 0 Å². The highest BCUT2D eigenvalue weighted by molar-refractivity contribution is 5.83. The summed E-state index contributed by atoms with van der Waals surface area (Å²) >= 11 is 0. The van der Waals surface area contributed by atoms with Crippen molar-refractivity contribution in [2.75, 3.05) is 32.7 Å². The van der Waals surface area contributed by atoms with Crippen LogP contribution in [-0.4, -0.2) is 65.3 Å². The van der Waals surface area contributed by atoms with Gasteiger partial charge in [-0.25, -0.2) is 0 Å². The van der Waals surface area contributed by atoms with Crippen LogP contribution in [0.4, 0.5) is 0 Å². The van der Waals surface area contributed by atoms with E-state index in [0.29, 0.717) is 25.4 Å². The molecule has 1 unspecified atom stereocenters. The summed E-state index contributed by atoms with van der Waals surface area (Å²) in [5, 5.41) is 0. The summed E-state index contributed by atoms with van der Waals surface area (Å²) in [6, 6.07) is 8.29. The number of carbonyl (C=O) groups is 2. The molecule has 0 radical (unpaired) electrons. The van der Waals surface area contributed by atoms with Gasteiger partial charge in [0.05, 0.1) is 6.04 Å². The Morgan fingerprint density at radius 3 is 2.65 bits per heavy atom. The Bertz CT molecular complexity index is 658. The van der Waals surface area contributed by atoms with Crippen molar-refractivity contribution in [2.24, 2.45) is 5.92 Å². The molecule has 2 heterocycles. The lowest BCUT2D eigenvalue weighted by Gasteiger charge is -2.39. The number of hydrogen-bond acceptors (Lipinski definition) is 3. The number of nitrogens with zero attached hydrogens (tertiary/aromatic N) is 3. The second kappa shape index (κ2) is 8.21. The molecule has 0 saturated carbocycles. The van der Waals surface area contributed by atoms with E-state index in [1.165, 1.54) is 11.1 Å². The van der Waals surface area contributed by atoms with Gasteiger partial charge in [0, 0.05) is 45.7 Å². The molecule has 1 atom stereocenters. The molecule has 26 heavy (non-hydrogen) atoms. The minimum absolute atomic E-state index is 0.0783. The van der Waals surface area contributed by atoms with Crippen LogP contribution < -0.4 is 0 Å². The van der Waals surface area contributed by atoms with E-state index in [9.17, 15) is 9.59 Å². The number of aryl methyl sites for hydroxylation is 1. The summed E-state index contributed by atoms with van der Waals surface area (Å²) < 4.78 is 0. The first-order valence-electron chi connectivity index (χ1n) is 9.80. The zero-order valence-corrected chi connectivity index (χ0v) is 16.3. The van der Waals surface area contributed by atoms with E-state index >= 15 is 0 Å². The highest BCUT2D eigenvalue weighted by Crippen LogP contribution is 2.21. The molecule has 142 valence electrons. The minimum atomic E-state index is -0.0783. The van der Waals surface area contributed by atoms with Crippen LogP contribution in [0.2, 0.25) is 0 Å². The normalized spacial score (nSPS) is 21.7. The Kier molecular flexibility index (Phi) is 5.97. The van der Waals surface area contributed by atoms with Gasteiger partial charge in [0.2, 0.25) is 11.8 Å². The van der Waals surface area contributed by atoms with Crippen molar-refractivity contribution < 1.29 is 9.59 Å². The lowest BCUT2D eigenvalue weighted by Crippen LogP contribution is -2.56. The highest BCUT2D eigenvalue weighted by Gasteiger charge is 2.37. The summed E-state index contributed by atoms with van der Waals surface area (Å²) in [6.45, 7) is 10.8. The third-order valence-corrected chi connectivity index (χ3v) is 5.42. The number of fused-ring (bicyclic) bond motifs is 1. The molecule has 5 nitrogen and oxygen atoms in total. The summed E-state index contributed by atoms with van der Waals surface area (Å²) in [6.07, 6.45) is 1.34. The number of benzene rings is 1. The molecular weight excluding hydrogens is 326 g/mol. The monoisotopic (exact) mass is 357 g/mol. The predicted molar refractivity (Wildman–Crippen MR) is 103 cm³/mol. The van der Waals surface area contributed by atoms with Crippen LogP contribution in [0.25, 0.3) is 0 Å². The van der Waals surface area contributed by atoms with Crippen molar-refractivity contribution in [3.63, 3.8) is 0 Å². The van der Waals surface area contributed by atoms with Crippen LogP contribution in [0.1, 0.15) is 37.8 Å². The van der Waals surface area contributed by atoms with Crippen molar-refractivity contribution in [3.8, 4) is 0 Å². The quantitative estimate of drug-likeness (QED) is 0.830. The maximum atomic E-state index is 13.0. The molecule has 0 bridgehead atoms. The van der Waals surface area contributed by atoms with Crippen LogP contribution in [0.3, 0.4) is 0 Å². The van der Waals surface area contributed by atoms with Gasteiger partial charge >= 0.3 is 0 Å². The largest absolute Gasteiger partial charge is 0.341 e. The Hall–Kier alpha value is -1.88. The molecule has 0 aromatic heterocycles. The molecule has 2 saturated heterocycles. The van der Waals surface area contributed by atoms with E-state index in [0.717, 1.165) is 32.6 Å². The smallest absolute Gasteiger partial charge is 0.240 e. The Balaban J connectivity index is 1.63. The average Bonchev–Trinajstić information content (AvgIpc) is 2.80. The molecule has 2 aliphatic heterocycles. The van der Waals surface area contributed by atoms with Crippen molar-refractivity contribution in [2.45, 2.75) is 46.2 Å². The van der Waals surface area contributed by atoms with Gasteiger partial charge in [-0.1, -0.05) is 43.7 Å². The lowest BCUT2D eigenvalue weighted by atomic mass is 10.1. The van der Waals surface area contributed by atoms with Crippen molar-refractivity contribution in [3.05, 3.63) is 35.4 Å². The molecule has 0 spiro atoms. The SMILES string of the molecule is Cc1cccc(CN2CCN3CCN(C(=O)CC(C)C)CCC3C2=O)c1. The fourth-order valence-corrected chi connectivity index (χ4v) is 4.01. The molecule has 2 aliphatic rings. The lowest BCUT2D eigenvalue weighted by molar-refractivity contribution is -0.142. The molecule has 2 amide bonds. The molecule has 0 aliphatic carbocycles. The Morgan fingerprint density at radius 1 is 1.15 bits per heavy atom. The van der Waals surface area contributed by atoms with Crippen LogP contribution in [-0.2, 0) is 16.1 Å². The molecule has 3 rings (SSSR count). The van der Waals surface area contributed by atoms with Gasteiger partial charge < -0.3 is 9.80 Å². The molecule has 1 aromatic rings. The van der Waals surface area contributed by atoms with Crippen LogP contribution >= 0.6 is 0 Å². The molecule has 2 fully saturated rings. The van der Waals surface area contributed by atoms with E-state index in [1.54, 1.807) is 0 Å². The number of rotatable bonds is 4. The predicted octanol–water partition coefficient (Wildman–Crippen LogP) is 2.29.